The first-order chi connectivity index (χ1) is 13.8. The van der Waals surface area contributed by atoms with Gasteiger partial charge in [-0.1, -0.05) is 36.4 Å². The third kappa shape index (κ3) is 4.99. The molecule has 3 heterocycles. The minimum atomic E-state index is 0.156. The van der Waals surface area contributed by atoms with E-state index in [0.29, 0.717) is 11.8 Å². The van der Waals surface area contributed by atoms with Crippen LogP contribution in [0.5, 0.6) is 0 Å². The van der Waals surface area contributed by atoms with Crippen LogP contribution in [0.3, 0.4) is 0 Å². The number of likely N-dealkylation sites (tertiary alicyclic amines) is 2. The lowest BCUT2D eigenvalue weighted by Crippen LogP contribution is -2.47. The van der Waals surface area contributed by atoms with E-state index >= 15 is 0 Å². The Morgan fingerprint density at radius 3 is 2.50 bits per heavy atom. The van der Waals surface area contributed by atoms with Crippen LogP contribution < -0.4 is 0 Å². The molecule has 2 fully saturated rings. The Morgan fingerprint density at radius 1 is 0.964 bits per heavy atom. The molecule has 1 aromatic heterocycles. The maximum atomic E-state index is 13.1. The Morgan fingerprint density at radius 2 is 1.75 bits per heavy atom. The van der Waals surface area contributed by atoms with E-state index in [1.807, 2.05) is 18.3 Å². The van der Waals surface area contributed by atoms with Crippen LogP contribution >= 0.6 is 0 Å². The van der Waals surface area contributed by atoms with E-state index in [4.69, 9.17) is 0 Å². The van der Waals surface area contributed by atoms with Gasteiger partial charge in [-0.25, -0.2) is 0 Å². The van der Waals surface area contributed by atoms with Crippen LogP contribution in [0.1, 0.15) is 36.9 Å². The number of hydrogen-bond acceptors (Lipinski definition) is 3. The number of pyridine rings is 1. The number of piperidine rings is 2. The number of nitrogens with zero attached hydrogens (tertiary/aromatic N) is 3. The Kier molecular flexibility index (Phi) is 6.38. The number of carbonyl (C=O) groups is 1. The van der Waals surface area contributed by atoms with Crippen LogP contribution in [0, 0.1) is 11.8 Å². The van der Waals surface area contributed by atoms with E-state index in [1.165, 1.54) is 5.56 Å². The van der Waals surface area contributed by atoms with Crippen LogP contribution in [0.15, 0.2) is 54.7 Å². The molecule has 4 rings (SSSR count). The van der Waals surface area contributed by atoms with Gasteiger partial charge in [0.25, 0.3) is 0 Å². The number of rotatable bonds is 5. The van der Waals surface area contributed by atoms with Crippen LogP contribution in [0.25, 0.3) is 0 Å². The van der Waals surface area contributed by atoms with Crippen molar-refractivity contribution in [3.63, 3.8) is 0 Å². The van der Waals surface area contributed by atoms with E-state index < -0.39 is 0 Å². The lowest BCUT2D eigenvalue weighted by molar-refractivity contribution is -0.138. The fraction of sp³-hybridized carbons (Fsp3) is 0.500. The molecule has 2 aliphatic heterocycles. The molecule has 0 N–H and O–H groups in total. The molecule has 1 aromatic carbocycles. The Balaban J connectivity index is 1.26. The number of benzene rings is 1. The highest BCUT2D eigenvalue weighted by Gasteiger charge is 2.31. The van der Waals surface area contributed by atoms with Crippen molar-refractivity contribution in [2.24, 2.45) is 11.8 Å². The first-order valence-electron chi connectivity index (χ1n) is 10.7. The molecule has 0 saturated carbocycles. The fourth-order valence-corrected chi connectivity index (χ4v) is 4.68. The Hall–Kier alpha value is -2.20. The van der Waals surface area contributed by atoms with Crippen LogP contribution in [-0.2, 0) is 17.8 Å². The zero-order valence-corrected chi connectivity index (χ0v) is 16.7. The highest BCUT2D eigenvalue weighted by Crippen LogP contribution is 2.25. The molecule has 0 spiro atoms. The quantitative estimate of drug-likeness (QED) is 0.796. The molecule has 4 nitrogen and oxygen atoms in total. The number of amides is 1. The maximum absolute atomic E-state index is 13.1. The second-order valence-corrected chi connectivity index (χ2v) is 8.35. The molecule has 28 heavy (non-hydrogen) atoms. The van der Waals surface area contributed by atoms with Gasteiger partial charge in [-0.2, -0.15) is 0 Å². The van der Waals surface area contributed by atoms with Crippen molar-refractivity contribution in [3.05, 3.63) is 66.0 Å². The van der Waals surface area contributed by atoms with Gasteiger partial charge < -0.3 is 4.90 Å². The van der Waals surface area contributed by atoms with E-state index in [0.717, 1.165) is 70.5 Å². The van der Waals surface area contributed by atoms with Crippen LogP contribution in [0.2, 0.25) is 0 Å². The van der Waals surface area contributed by atoms with Crippen molar-refractivity contribution >= 4 is 5.91 Å². The Labute approximate surface area is 168 Å². The summed E-state index contributed by atoms with van der Waals surface area (Å²) in [6.45, 7) is 4.64. The van der Waals surface area contributed by atoms with Crippen molar-refractivity contribution in [3.8, 4) is 0 Å². The molecule has 1 amide bonds. The zero-order chi connectivity index (χ0) is 19.2. The van der Waals surface area contributed by atoms with E-state index in [-0.39, 0.29) is 5.92 Å². The summed E-state index contributed by atoms with van der Waals surface area (Å²) in [7, 11) is 0. The molecular formula is C24H31N3O. The smallest absolute Gasteiger partial charge is 0.226 e. The fourth-order valence-electron chi connectivity index (χ4n) is 4.68. The first-order valence-corrected chi connectivity index (χ1v) is 10.7. The highest BCUT2D eigenvalue weighted by molar-refractivity contribution is 5.79. The maximum Gasteiger partial charge on any atom is 0.226 e. The zero-order valence-electron chi connectivity index (χ0n) is 16.7. The van der Waals surface area contributed by atoms with Crippen molar-refractivity contribution in [2.75, 3.05) is 26.2 Å². The van der Waals surface area contributed by atoms with Gasteiger partial charge in [0.2, 0.25) is 5.91 Å². The summed E-state index contributed by atoms with van der Waals surface area (Å²) in [5, 5.41) is 0. The monoisotopic (exact) mass is 377 g/mol. The summed E-state index contributed by atoms with van der Waals surface area (Å²) in [6.07, 6.45) is 7.39. The molecule has 0 bridgehead atoms. The van der Waals surface area contributed by atoms with E-state index in [2.05, 4.69) is 51.2 Å². The molecule has 0 aliphatic carbocycles. The van der Waals surface area contributed by atoms with Crippen molar-refractivity contribution < 1.29 is 4.79 Å². The van der Waals surface area contributed by atoms with E-state index in [1.54, 1.807) is 0 Å². The van der Waals surface area contributed by atoms with Gasteiger partial charge in [-0.15, -0.1) is 0 Å². The predicted molar refractivity (Wildman–Crippen MR) is 112 cm³/mol. The van der Waals surface area contributed by atoms with Gasteiger partial charge in [-0.05, 0) is 62.3 Å². The van der Waals surface area contributed by atoms with Crippen molar-refractivity contribution in [2.45, 2.75) is 38.6 Å². The van der Waals surface area contributed by atoms with E-state index in [9.17, 15) is 4.79 Å². The summed E-state index contributed by atoms with van der Waals surface area (Å²) in [5.41, 5.74) is 2.52. The number of hydrogen-bond donors (Lipinski definition) is 0. The molecule has 0 radical (unpaired) electrons. The lowest BCUT2D eigenvalue weighted by atomic mass is 9.89. The summed E-state index contributed by atoms with van der Waals surface area (Å²) < 4.78 is 0. The molecule has 4 heteroatoms. The molecule has 0 unspecified atom stereocenters. The highest BCUT2D eigenvalue weighted by atomic mass is 16.2. The first kappa shape index (κ1) is 19.1. The normalized spacial score (nSPS) is 21.6. The molecule has 2 aliphatic rings. The van der Waals surface area contributed by atoms with Gasteiger partial charge >= 0.3 is 0 Å². The average Bonchev–Trinajstić information content (AvgIpc) is 2.75. The second-order valence-electron chi connectivity index (χ2n) is 8.35. The van der Waals surface area contributed by atoms with Gasteiger partial charge in [0, 0.05) is 32.4 Å². The van der Waals surface area contributed by atoms with Crippen LogP contribution in [0.4, 0.5) is 0 Å². The molecule has 148 valence electrons. The molecule has 2 aromatic rings. The van der Waals surface area contributed by atoms with Crippen molar-refractivity contribution in [1.82, 2.24) is 14.8 Å². The lowest BCUT2D eigenvalue weighted by Gasteiger charge is -2.38. The molecule has 2 saturated heterocycles. The molecular weight excluding hydrogens is 346 g/mol. The minimum Gasteiger partial charge on any atom is -0.342 e. The van der Waals surface area contributed by atoms with Crippen molar-refractivity contribution in [1.29, 1.82) is 0 Å². The second kappa shape index (κ2) is 9.33. The molecule has 1 atom stereocenters. The Bertz CT molecular complexity index is 741. The van der Waals surface area contributed by atoms with Gasteiger partial charge in [-0.3, -0.25) is 14.7 Å². The average molecular weight is 378 g/mol. The van der Waals surface area contributed by atoms with Gasteiger partial charge in [0.15, 0.2) is 0 Å². The standard InChI is InChI=1S/C24H31N3O/c28-24(22-9-6-14-26(18-22)19-23-10-4-5-13-25-23)27-15-11-21(12-16-27)17-20-7-2-1-3-8-20/h1-5,7-8,10,13,21-22H,6,9,11-12,14-19H2/t22-/m0/s1. The predicted octanol–water partition coefficient (Wildman–Crippen LogP) is 3.77. The number of aromatic nitrogens is 1. The minimum absolute atomic E-state index is 0.156. The van der Waals surface area contributed by atoms with Crippen LogP contribution in [-0.4, -0.2) is 46.9 Å². The largest absolute Gasteiger partial charge is 0.342 e. The summed E-state index contributed by atoms with van der Waals surface area (Å²) >= 11 is 0. The van der Waals surface area contributed by atoms with Gasteiger partial charge in [0.1, 0.15) is 0 Å². The third-order valence-electron chi connectivity index (χ3n) is 6.26. The topological polar surface area (TPSA) is 36.4 Å². The van der Waals surface area contributed by atoms with Gasteiger partial charge in [0.05, 0.1) is 11.6 Å². The summed E-state index contributed by atoms with van der Waals surface area (Å²) in [4.78, 5) is 22.1. The number of carbonyl (C=O) groups excluding carboxylic acids is 1. The third-order valence-corrected chi connectivity index (χ3v) is 6.26. The SMILES string of the molecule is O=C([C@H]1CCCN(Cc2ccccn2)C1)N1CCC(Cc2ccccc2)CC1. The summed E-state index contributed by atoms with van der Waals surface area (Å²) in [5.74, 6) is 1.24. The summed E-state index contributed by atoms with van der Waals surface area (Å²) in [6, 6.07) is 16.8.